The van der Waals surface area contributed by atoms with Crippen LogP contribution < -0.4 is 5.32 Å². The minimum Gasteiger partial charge on any atom is -0.375 e. The van der Waals surface area contributed by atoms with Gasteiger partial charge in [-0.15, -0.1) is 11.3 Å². The van der Waals surface area contributed by atoms with Gasteiger partial charge < -0.3 is 10.1 Å². The SMILES string of the molecule is CNC(c1ccc(C)s1)C1CC2CCC1O2. The van der Waals surface area contributed by atoms with Crippen LogP contribution in [0.5, 0.6) is 0 Å². The topological polar surface area (TPSA) is 21.3 Å². The van der Waals surface area contributed by atoms with Crippen LogP contribution in [0, 0.1) is 12.8 Å². The van der Waals surface area contributed by atoms with Crippen LogP contribution >= 0.6 is 11.3 Å². The smallest absolute Gasteiger partial charge is 0.0627 e. The average molecular weight is 237 g/mol. The first-order valence-corrected chi connectivity index (χ1v) is 6.98. The van der Waals surface area contributed by atoms with Crippen molar-refractivity contribution in [3.05, 3.63) is 21.9 Å². The first kappa shape index (κ1) is 10.8. The summed E-state index contributed by atoms with van der Waals surface area (Å²) < 4.78 is 5.96. The molecule has 0 aromatic carbocycles. The first-order valence-electron chi connectivity index (χ1n) is 6.17. The number of thiophene rings is 1. The second-order valence-corrected chi connectivity index (χ2v) is 6.31. The fourth-order valence-corrected chi connectivity index (χ4v) is 4.28. The molecular weight excluding hydrogens is 218 g/mol. The second-order valence-electron chi connectivity index (χ2n) is 4.99. The summed E-state index contributed by atoms with van der Waals surface area (Å²) in [5, 5.41) is 3.49. The Labute approximate surface area is 101 Å². The third kappa shape index (κ3) is 1.71. The Balaban J connectivity index is 1.81. The van der Waals surface area contributed by atoms with Crippen LogP contribution in [0.2, 0.25) is 0 Å². The average Bonchev–Trinajstić information content (AvgIpc) is 2.96. The van der Waals surface area contributed by atoms with Crippen molar-refractivity contribution in [2.45, 2.75) is 44.4 Å². The fraction of sp³-hybridized carbons (Fsp3) is 0.692. The maximum Gasteiger partial charge on any atom is 0.0627 e. The van der Waals surface area contributed by atoms with Crippen molar-refractivity contribution < 1.29 is 4.74 Å². The summed E-state index contributed by atoms with van der Waals surface area (Å²) in [6.45, 7) is 2.18. The molecule has 1 aromatic heterocycles. The van der Waals surface area contributed by atoms with Crippen molar-refractivity contribution in [3.63, 3.8) is 0 Å². The zero-order valence-corrected chi connectivity index (χ0v) is 10.7. The van der Waals surface area contributed by atoms with Gasteiger partial charge >= 0.3 is 0 Å². The Hall–Kier alpha value is -0.380. The van der Waals surface area contributed by atoms with E-state index < -0.39 is 0 Å². The number of rotatable bonds is 3. The maximum absolute atomic E-state index is 5.96. The number of nitrogens with one attached hydrogen (secondary N) is 1. The quantitative estimate of drug-likeness (QED) is 0.873. The lowest BCUT2D eigenvalue weighted by Gasteiger charge is -2.27. The Morgan fingerprint density at radius 1 is 1.44 bits per heavy atom. The van der Waals surface area contributed by atoms with Crippen LogP contribution in [0.4, 0.5) is 0 Å². The van der Waals surface area contributed by atoms with Crippen molar-refractivity contribution >= 4 is 11.3 Å². The molecule has 0 amide bonds. The van der Waals surface area contributed by atoms with E-state index in [1.54, 1.807) is 0 Å². The van der Waals surface area contributed by atoms with Gasteiger partial charge in [0.1, 0.15) is 0 Å². The molecule has 2 aliphatic heterocycles. The van der Waals surface area contributed by atoms with E-state index in [1.165, 1.54) is 29.0 Å². The molecule has 2 aliphatic rings. The van der Waals surface area contributed by atoms with Crippen molar-refractivity contribution in [1.29, 1.82) is 0 Å². The van der Waals surface area contributed by atoms with Crippen LogP contribution in [0.1, 0.15) is 35.1 Å². The van der Waals surface area contributed by atoms with Gasteiger partial charge in [-0.1, -0.05) is 0 Å². The normalized spacial score (nSPS) is 34.5. The predicted molar refractivity (Wildman–Crippen MR) is 66.9 cm³/mol. The van der Waals surface area contributed by atoms with Crippen LogP contribution in [0.3, 0.4) is 0 Å². The minimum atomic E-state index is 0.494. The molecule has 4 atom stereocenters. The molecule has 1 N–H and O–H groups in total. The van der Waals surface area contributed by atoms with Gasteiger partial charge in [0.25, 0.3) is 0 Å². The van der Waals surface area contributed by atoms with E-state index in [-0.39, 0.29) is 0 Å². The van der Waals surface area contributed by atoms with Gasteiger partial charge in [-0.2, -0.15) is 0 Å². The molecule has 0 saturated carbocycles. The van der Waals surface area contributed by atoms with Crippen molar-refractivity contribution in [1.82, 2.24) is 5.32 Å². The monoisotopic (exact) mass is 237 g/mol. The van der Waals surface area contributed by atoms with Crippen LogP contribution in [0.25, 0.3) is 0 Å². The molecule has 16 heavy (non-hydrogen) atoms. The van der Waals surface area contributed by atoms with Gasteiger partial charge in [0, 0.05) is 21.7 Å². The number of hydrogen-bond donors (Lipinski definition) is 1. The highest BCUT2D eigenvalue weighted by atomic mass is 32.1. The third-order valence-electron chi connectivity index (χ3n) is 3.96. The molecule has 0 spiro atoms. The lowest BCUT2D eigenvalue weighted by atomic mass is 9.83. The highest BCUT2D eigenvalue weighted by Gasteiger charge is 2.44. The fourth-order valence-electron chi connectivity index (χ4n) is 3.22. The molecule has 4 unspecified atom stereocenters. The number of fused-ring (bicyclic) bond motifs is 2. The van der Waals surface area contributed by atoms with Gasteiger partial charge in [-0.25, -0.2) is 0 Å². The summed E-state index contributed by atoms with van der Waals surface area (Å²) in [4.78, 5) is 2.88. The molecule has 3 heteroatoms. The molecule has 2 saturated heterocycles. The van der Waals surface area contributed by atoms with Crippen molar-refractivity contribution in [3.8, 4) is 0 Å². The summed E-state index contributed by atoms with van der Waals surface area (Å²) in [6, 6.07) is 4.99. The summed E-state index contributed by atoms with van der Waals surface area (Å²) >= 11 is 1.92. The van der Waals surface area contributed by atoms with Crippen molar-refractivity contribution in [2.75, 3.05) is 7.05 Å². The van der Waals surface area contributed by atoms with Crippen LogP contribution in [-0.4, -0.2) is 19.3 Å². The van der Waals surface area contributed by atoms with Gasteiger partial charge in [0.2, 0.25) is 0 Å². The second kappa shape index (κ2) is 4.13. The van der Waals surface area contributed by atoms with Gasteiger partial charge in [-0.3, -0.25) is 0 Å². The number of hydrogen-bond acceptors (Lipinski definition) is 3. The standard InChI is InChI=1S/C13H19NOS/c1-8-3-6-12(16-8)13(14-2)10-7-9-4-5-11(10)15-9/h3,6,9-11,13-14H,4-5,7H2,1-2H3. The lowest BCUT2D eigenvalue weighted by molar-refractivity contribution is 0.0865. The summed E-state index contributed by atoms with van der Waals surface area (Å²) in [5.41, 5.74) is 0. The molecule has 1 aromatic rings. The highest BCUT2D eigenvalue weighted by molar-refractivity contribution is 7.12. The highest BCUT2D eigenvalue weighted by Crippen LogP contribution is 2.45. The summed E-state index contributed by atoms with van der Waals surface area (Å²) in [7, 11) is 2.08. The van der Waals surface area contributed by atoms with E-state index in [1.807, 2.05) is 11.3 Å². The molecule has 0 aliphatic carbocycles. The Morgan fingerprint density at radius 2 is 2.31 bits per heavy atom. The molecule has 3 heterocycles. The van der Waals surface area contributed by atoms with E-state index in [0.29, 0.717) is 24.2 Å². The van der Waals surface area contributed by atoms with Gasteiger partial charge in [0.15, 0.2) is 0 Å². The molecule has 0 radical (unpaired) electrons. The number of aryl methyl sites for hydroxylation is 1. The predicted octanol–water partition coefficient (Wildman–Crippen LogP) is 2.88. The Bertz CT molecular complexity index is 376. The molecule has 2 fully saturated rings. The Kier molecular flexibility index (Phi) is 2.78. The van der Waals surface area contributed by atoms with Gasteiger partial charge in [0.05, 0.1) is 12.2 Å². The van der Waals surface area contributed by atoms with E-state index in [0.717, 1.165) is 0 Å². The van der Waals surface area contributed by atoms with E-state index in [4.69, 9.17) is 4.74 Å². The Morgan fingerprint density at radius 3 is 2.81 bits per heavy atom. The molecule has 2 nitrogen and oxygen atoms in total. The van der Waals surface area contributed by atoms with Crippen LogP contribution in [-0.2, 0) is 4.74 Å². The summed E-state index contributed by atoms with van der Waals surface area (Å²) in [5.74, 6) is 0.682. The molecule has 88 valence electrons. The third-order valence-corrected chi connectivity index (χ3v) is 5.04. The lowest BCUT2D eigenvalue weighted by Crippen LogP contribution is -2.31. The van der Waals surface area contributed by atoms with Crippen LogP contribution in [0.15, 0.2) is 12.1 Å². The zero-order chi connectivity index (χ0) is 11.1. The zero-order valence-electron chi connectivity index (χ0n) is 9.90. The molecule has 3 rings (SSSR count). The first-order chi connectivity index (χ1) is 7.78. The number of ether oxygens (including phenoxy) is 1. The largest absolute Gasteiger partial charge is 0.375 e. The van der Waals surface area contributed by atoms with E-state index in [9.17, 15) is 0 Å². The van der Waals surface area contributed by atoms with Gasteiger partial charge in [-0.05, 0) is 45.4 Å². The van der Waals surface area contributed by atoms with E-state index in [2.05, 4.69) is 31.4 Å². The molecular formula is C13H19NOS. The molecule has 2 bridgehead atoms. The summed E-state index contributed by atoms with van der Waals surface area (Å²) in [6.07, 6.45) is 4.84. The van der Waals surface area contributed by atoms with Crippen molar-refractivity contribution in [2.24, 2.45) is 5.92 Å². The van der Waals surface area contributed by atoms with E-state index >= 15 is 0 Å². The maximum atomic E-state index is 5.96. The minimum absolute atomic E-state index is 0.494.